The van der Waals surface area contributed by atoms with E-state index in [0.717, 1.165) is 6.42 Å². The third kappa shape index (κ3) is 3.05. The average molecular weight is 263 g/mol. The Morgan fingerprint density at radius 3 is 2.79 bits per heavy atom. The van der Waals surface area contributed by atoms with Crippen molar-refractivity contribution in [2.24, 2.45) is 5.92 Å². The van der Waals surface area contributed by atoms with E-state index in [2.05, 4.69) is 0 Å². The maximum absolute atomic E-state index is 12.1. The molecule has 1 aliphatic heterocycles. The molecule has 0 bridgehead atoms. The fourth-order valence-electron chi connectivity index (χ4n) is 1.92. The van der Waals surface area contributed by atoms with Gasteiger partial charge in [0, 0.05) is 18.7 Å². The second-order valence-corrected chi connectivity index (χ2v) is 4.62. The minimum Gasteiger partial charge on any atom is -0.494 e. The molecule has 19 heavy (non-hydrogen) atoms. The minimum absolute atomic E-state index is 0.139. The van der Waals surface area contributed by atoms with Crippen molar-refractivity contribution in [3.63, 3.8) is 0 Å². The highest BCUT2D eigenvalue weighted by molar-refractivity contribution is 5.96. The lowest BCUT2D eigenvalue weighted by atomic mass is 9.99. The van der Waals surface area contributed by atoms with Gasteiger partial charge in [-0.1, -0.05) is 13.0 Å². The van der Waals surface area contributed by atoms with E-state index in [0.29, 0.717) is 17.9 Å². The van der Waals surface area contributed by atoms with Crippen molar-refractivity contribution in [3.8, 4) is 5.75 Å². The summed E-state index contributed by atoms with van der Waals surface area (Å²) in [6.45, 7) is 3.20. The Kier molecular flexibility index (Phi) is 4.04. The number of carbonyl (C=O) groups is 2. The molecule has 5 heteroatoms. The van der Waals surface area contributed by atoms with Crippen LogP contribution in [0.1, 0.15) is 23.7 Å². The average Bonchev–Trinajstić information content (AvgIpc) is 2.34. The lowest BCUT2D eigenvalue weighted by Gasteiger charge is -2.36. The largest absolute Gasteiger partial charge is 0.494 e. The van der Waals surface area contributed by atoms with Crippen LogP contribution < -0.4 is 4.74 Å². The number of carboxylic acid groups (broad SMARTS) is 1. The van der Waals surface area contributed by atoms with Gasteiger partial charge in [0.1, 0.15) is 5.75 Å². The van der Waals surface area contributed by atoms with Crippen LogP contribution in [0.4, 0.5) is 0 Å². The molecule has 1 aromatic carbocycles. The normalized spacial score (nSPS) is 14.9. The predicted molar refractivity (Wildman–Crippen MR) is 69.3 cm³/mol. The molecule has 0 saturated carbocycles. The number of aliphatic carboxylic acids is 1. The molecule has 1 amide bonds. The van der Waals surface area contributed by atoms with Crippen molar-refractivity contribution in [3.05, 3.63) is 29.8 Å². The Balaban J connectivity index is 1.98. The van der Waals surface area contributed by atoms with Gasteiger partial charge in [0.05, 0.1) is 12.5 Å². The summed E-state index contributed by atoms with van der Waals surface area (Å²) >= 11 is 0. The highest BCUT2D eigenvalue weighted by Gasteiger charge is 2.35. The second-order valence-electron chi connectivity index (χ2n) is 4.62. The molecule has 0 atom stereocenters. The topological polar surface area (TPSA) is 66.8 Å². The molecule has 5 nitrogen and oxygen atoms in total. The molecule has 0 aromatic heterocycles. The first-order chi connectivity index (χ1) is 9.11. The molecular weight excluding hydrogens is 246 g/mol. The van der Waals surface area contributed by atoms with Gasteiger partial charge in [-0.25, -0.2) is 0 Å². The van der Waals surface area contributed by atoms with Crippen LogP contribution in [0, 0.1) is 5.92 Å². The Labute approximate surface area is 111 Å². The second kappa shape index (κ2) is 5.73. The number of benzene rings is 1. The van der Waals surface area contributed by atoms with E-state index in [1.54, 1.807) is 18.2 Å². The summed E-state index contributed by atoms with van der Waals surface area (Å²) in [6, 6.07) is 7.00. The maximum Gasteiger partial charge on any atom is 0.310 e. The molecular formula is C14H17NO4. The number of carbonyl (C=O) groups excluding carboxylic acids is 1. The quantitative estimate of drug-likeness (QED) is 0.876. The van der Waals surface area contributed by atoms with E-state index in [1.807, 2.05) is 13.0 Å². The molecule has 1 aliphatic rings. The van der Waals surface area contributed by atoms with E-state index >= 15 is 0 Å². The number of carboxylic acids is 1. The summed E-state index contributed by atoms with van der Waals surface area (Å²) in [5.41, 5.74) is 0.539. The van der Waals surface area contributed by atoms with E-state index in [-0.39, 0.29) is 19.0 Å². The van der Waals surface area contributed by atoms with Gasteiger partial charge in [-0.2, -0.15) is 0 Å². The molecule has 0 spiro atoms. The first-order valence-corrected chi connectivity index (χ1v) is 6.36. The molecule has 1 aromatic rings. The summed E-state index contributed by atoms with van der Waals surface area (Å²) in [4.78, 5) is 24.3. The van der Waals surface area contributed by atoms with Crippen molar-refractivity contribution in [2.75, 3.05) is 19.7 Å². The SMILES string of the molecule is CCCOc1cccc(C(=O)N2CC(C(=O)O)C2)c1. The van der Waals surface area contributed by atoms with Gasteiger partial charge in [0.15, 0.2) is 0 Å². The number of rotatable bonds is 5. The smallest absolute Gasteiger partial charge is 0.310 e. The summed E-state index contributed by atoms with van der Waals surface area (Å²) in [5.74, 6) is -0.741. The van der Waals surface area contributed by atoms with E-state index in [9.17, 15) is 9.59 Å². The van der Waals surface area contributed by atoms with Gasteiger partial charge in [-0.15, -0.1) is 0 Å². The first-order valence-electron chi connectivity index (χ1n) is 6.36. The summed E-state index contributed by atoms with van der Waals surface area (Å²) in [7, 11) is 0. The van der Waals surface area contributed by atoms with Gasteiger partial charge in [-0.3, -0.25) is 9.59 Å². The van der Waals surface area contributed by atoms with E-state index in [1.165, 1.54) is 4.90 Å². The molecule has 102 valence electrons. The third-order valence-corrected chi connectivity index (χ3v) is 3.07. The number of hydrogen-bond donors (Lipinski definition) is 1. The zero-order valence-electron chi connectivity index (χ0n) is 10.8. The molecule has 1 heterocycles. The summed E-state index contributed by atoms with van der Waals surface area (Å²) < 4.78 is 5.47. The van der Waals surface area contributed by atoms with Crippen molar-refractivity contribution in [2.45, 2.75) is 13.3 Å². The number of amides is 1. The zero-order chi connectivity index (χ0) is 13.8. The molecule has 0 radical (unpaired) electrons. The lowest BCUT2D eigenvalue weighted by molar-refractivity contribution is -0.146. The number of hydrogen-bond acceptors (Lipinski definition) is 3. The Hall–Kier alpha value is -2.04. The lowest BCUT2D eigenvalue weighted by Crippen LogP contribution is -2.53. The van der Waals surface area contributed by atoms with Gasteiger partial charge < -0.3 is 14.7 Å². The Morgan fingerprint density at radius 1 is 1.42 bits per heavy atom. The first kappa shape index (κ1) is 13.4. The molecule has 1 N–H and O–H groups in total. The molecule has 2 rings (SSSR count). The van der Waals surface area contributed by atoms with Crippen molar-refractivity contribution in [1.82, 2.24) is 4.90 Å². The highest BCUT2D eigenvalue weighted by atomic mass is 16.5. The molecule has 1 fully saturated rings. The minimum atomic E-state index is -0.843. The standard InChI is InChI=1S/C14H17NO4/c1-2-6-19-12-5-3-4-10(7-12)13(16)15-8-11(9-15)14(17)18/h3-5,7,11H,2,6,8-9H2,1H3,(H,17,18). The van der Waals surface area contributed by atoms with Crippen LogP contribution in [-0.2, 0) is 4.79 Å². The summed E-state index contributed by atoms with van der Waals surface area (Å²) in [6.07, 6.45) is 0.907. The van der Waals surface area contributed by atoms with Crippen molar-refractivity contribution >= 4 is 11.9 Å². The number of ether oxygens (including phenoxy) is 1. The van der Waals surface area contributed by atoms with Crippen LogP contribution >= 0.6 is 0 Å². The third-order valence-electron chi connectivity index (χ3n) is 3.07. The fourth-order valence-corrected chi connectivity index (χ4v) is 1.92. The van der Waals surface area contributed by atoms with Gasteiger partial charge in [-0.05, 0) is 24.6 Å². The van der Waals surface area contributed by atoms with Crippen LogP contribution in [0.5, 0.6) is 5.75 Å². The van der Waals surface area contributed by atoms with Gasteiger partial charge in [0.25, 0.3) is 5.91 Å². The number of nitrogens with zero attached hydrogens (tertiary/aromatic N) is 1. The van der Waals surface area contributed by atoms with Gasteiger partial charge in [0.2, 0.25) is 0 Å². The number of likely N-dealkylation sites (tertiary alicyclic amines) is 1. The molecule has 0 aliphatic carbocycles. The monoisotopic (exact) mass is 263 g/mol. The zero-order valence-corrected chi connectivity index (χ0v) is 10.8. The van der Waals surface area contributed by atoms with E-state index in [4.69, 9.17) is 9.84 Å². The van der Waals surface area contributed by atoms with Crippen LogP contribution in [0.3, 0.4) is 0 Å². The van der Waals surface area contributed by atoms with Crippen LogP contribution in [0.15, 0.2) is 24.3 Å². The predicted octanol–water partition coefficient (Wildman–Crippen LogP) is 1.63. The Bertz CT molecular complexity index is 480. The van der Waals surface area contributed by atoms with Crippen molar-refractivity contribution in [1.29, 1.82) is 0 Å². The fraction of sp³-hybridized carbons (Fsp3) is 0.429. The maximum atomic E-state index is 12.1. The van der Waals surface area contributed by atoms with Gasteiger partial charge >= 0.3 is 5.97 Å². The van der Waals surface area contributed by atoms with E-state index < -0.39 is 11.9 Å². The summed E-state index contributed by atoms with van der Waals surface area (Å²) in [5, 5.41) is 8.79. The molecule has 0 unspecified atom stereocenters. The highest BCUT2D eigenvalue weighted by Crippen LogP contribution is 2.21. The van der Waals surface area contributed by atoms with Crippen LogP contribution in [0.2, 0.25) is 0 Å². The van der Waals surface area contributed by atoms with Crippen LogP contribution in [-0.4, -0.2) is 41.6 Å². The Morgan fingerprint density at radius 2 is 2.16 bits per heavy atom. The van der Waals surface area contributed by atoms with Crippen LogP contribution in [0.25, 0.3) is 0 Å². The molecule has 1 saturated heterocycles. The van der Waals surface area contributed by atoms with Crippen molar-refractivity contribution < 1.29 is 19.4 Å².